The highest BCUT2D eigenvalue weighted by atomic mass is 32.1. The van der Waals surface area contributed by atoms with E-state index in [9.17, 15) is 0 Å². The summed E-state index contributed by atoms with van der Waals surface area (Å²) in [7, 11) is 0. The fraction of sp³-hybridized carbons (Fsp3) is 0.875. The van der Waals surface area contributed by atoms with Crippen molar-refractivity contribution >= 4 is 17.3 Å². The van der Waals surface area contributed by atoms with E-state index in [-0.39, 0.29) is 0 Å². The average Bonchev–Trinajstić information content (AvgIpc) is 2.48. The summed E-state index contributed by atoms with van der Waals surface area (Å²) in [5, 5.41) is 3.44. The Labute approximate surface area is 79.3 Å². The first-order valence-electron chi connectivity index (χ1n) is 4.48. The molecule has 0 saturated carbocycles. The molecule has 3 nitrogen and oxygen atoms in total. The maximum atomic E-state index is 5.34. The molecular formula is C8H17N3S. The van der Waals surface area contributed by atoms with Gasteiger partial charge in [0.2, 0.25) is 0 Å². The second kappa shape index (κ2) is 4.62. The predicted octanol–water partition coefficient (Wildman–Crippen LogP) is 0.161. The number of hydrogen-bond donors (Lipinski definition) is 2. The molecule has 0 aromatic carbocycles. The third kappa shape index (κ3) is 2.95. The standard InChI is InChI=1S/C8H17N3S/c1-2-11-4-3-7(6-11)5-10-8(9)12/h7H,2-6H2,1H3,(H3,9,10,12). The van der Waals surface area contributed by atoms with Crippen LogP contribution in [0.5, 0.6) is 0 Å². The summed E-state index contributed by atoms with van der Waals surface area (Å²) >= 11 is 4.74. The van der Waals surface area contributed by atoms with E-state index in [1.54, 1.807) is 0 Å². The fourth-order valence-electron chi connectivity index (χ4n) is 1.61. The van der Waals surface area contributed by atoms with Crippen LogP contribution in [-0.2, 0) is 0 Å². The van der Waals surface area contributed by atoms with Crippen LogP contribution in [0, 0.1) is 5.92 Å². The van der Waals surface area contributed by atoms with Crippen molar-refractivity contribution in [2.45, 2.75) is 13.3 Å². The maximum Gasteiger partial charge on any atom is 0.163 e. The molecule has 1 rings (SSSR count). The van der Waals surface area contributed by atoms with Gasteiger partial charge in [0.25, 0.3) is 0 Å². The van der Waals surface area contributed by atoms with E-state index in [4.69, 9.17) is 18.0 Å². The molecule has 1 fully saturated rings. The van der Waals surface area contributed by atoms with Crippen LogP contribution in [0.3, 0.4) is 0 Å². The first kappa shape index (κ1) is 9.74. The minimum atomic E-state index is 0.421. The Kier molecular flexibility index (Phi) is 3.75. The van der Waals surface area contributed by atoms with Crippen molar-refractivity contribution in [2.75, 3.05) is 26.2 Å². The number of hydrogen-bond acceptors (Lipinski definition) is 2. The molecule has 3 N–H and O–H groups in total. The topological polar surface area (TPSA) is 41.3 Å². The van der Waals surface area contributed by atoms with Gasteiger partial charge in [-0.05, 0) is 37.6 Å². The number of nitrogens with one attached hydrogen (secondary N) is 1. The smallest absolute Gasteiger partial charge is 0.163 e. The third-order valence-corrected chi connectivity index (χ3v) is 2.53. The third-order valence-electron chi connectivity index (χ3n) is 2.38. The lowest BCUT2D eigenvalue weighted by Gasteiger charge is -2.13. The Morgan fingerprint density at radius 2 is 2.50 bits per heavy atom. The Bertz CT molecular complexity index is 160. The molecule has 0 spiro atoms. The molecule has 0 bridgehead atoms. The number of nitrogens with two attached hydrogens (primary N) is 1. The SMILES string of the molecule is CCN1CCC(CNC(N)=S)C1. The number of thiocarbonyl (C=S) groups is 1. The molecule has 0 radical (unpaired) electrons. The lowest BCUT2D eigenvalue weighted by molar-refractivity contribution is 0.342. The number of nitrogens with zero attached hydrogens (tertiary/aromatic N) is 1. The van der Waals surface area contributed by atoms with Crippen LogP contribution in [0.15, 0.2) is 0 Å². The fourth-order valence-corrected chi connectivity index (χ4v) is 1.69. The van der Waals surface area contributed by atoms with Gasteiger partial charge < -0.3 is 16.0 Å². The summed E-state index contributed by atoms with van der Waals surface area (Å²) in [6, 6.07) is 0. The van der Waals surface area contributed by atoms with Crippen LogP contribution in [0.4, 0.5) is 0 Å². The van der Waals surface area contributed by atoms with Gasteiger partial charge in [-0.25, -0.2) is 0 Å². The normalized spacial score (nSPS) is 24.2. The molecule has 12 heavy (non-hydrogen) atoms. The van der Waals surface area contributed by atoms with Crippen molar-refractivity contribution in [3.63, 3.8) is 0 Å². The molecule has 0 aliphatic carbocycles. The number of rotatable bonds is 3. The van der Waals surface area contributed by atoms with Gasteiger partial charge in [0.05, 0.1) is 0 Å². The highest BCUT2D eigenvalue weighted by molar-refractivity contribution is 7.80. The summed E-state index contributed by atoms with van der Waals surface area (Å²) in [4.78, 5) is 2.45. The van der Waals surface area contributed by atoms with Crippen LogP contribution in [0.1, 0.15) is 13.3 Å². The minimum absolute atomic E-state index is 0.421. The van der Waals surface area contributed by atoms with Crippen LogP contribution in [-0.4, -0.2) is 36.2 Å². The van der Waals surface area contributed by atoms with Crippen LogP contribution < -0.4 is 11.1 Å². The summed E-state index contributed by atoms with van der Waals surface area (Å²) < 4.78 is 0. The zero-order valence-corrected chi connectivity index (χ0v) is 8.36. The molecule has 0 amide bonds. The van der Waals surface area contributed by atoms with Gasteiger partial charge in [-0.1, -0.05) is 6.92 Å². The summed E-state index contributed by atoms with van der Waals surface area (Å²) in [6.45, 7) is 6.70. The molecule has 1 aliphatic rings. The highest BCUT2D eigenvalue weighted by Crippen LogP contribution is 2.14. The molecule has 0 aromatic heterocycles. The Morgan fingerprint density at radius 1 is 1.75 bits per heavy atom. The predicted molar refractivity (Wildman–Crippen MR) is 55.0 cm³/mol. The Morgan fingerprint density at radius 3 is 3.00 bits per heavy atom. The van der Waals surface area contributed by atoms with Crippen molar-refractivity contribution in [2.24, 2.45) is 11.7 Å². The molecule has 70 valence electrons. The second-order valence-corrected chi connectivity index (χ2v) is 3.73. The summed E-state index contributed by atoms with van der Waals surface area (Å²) in [5.41, 5.74) is 5.34. The molecule has 1 heterocycles. The van der Waals surface area contributed by atoms with E-state index in [1.165, 1.54) is 19.5 Å². The van der Waals surface area contributed by atoms with Crippen molar-refractivity contribution in [3.8, 4) is 0 Å². The lowest BCUT2D eigenvalue weighted by atomic mass is 10.1. The van der Waals surface area contributed by atoms with E-state index in [0.29, 0.717) is 5.11 Å². The summed E-state index contributed by atoms with van der Waals surface area (Å²) in [6.07, 6.45) is 1.27. The first-order chi connectivity index (χ1) is 5.72. The molecule has 0 aromatic rings. The van der Waals surface area contributed by atoms with E-state index < -0.39 is 0 Å². The lowest BCUT2D eigenvalue weighted by Crippen LogP contribution is -2.34. The largest absolute Gasteiger partial charge is 0.376 e. The Hall–Kier alpha value is -0.350. The average molecular weight is 187 g/mol. The zero-order valence-electron chi connectivity index (χ0n) is 7.55. The second-order valence-electron chi connectivity index (χ2n) is 3.29. The van der Waals surface area contributed by atoms with Crippen LogP contribution >= 0.6 is 12.2 Å². The first-order valence-corrected chi connectivity index (χ1v) is 4.89. The van der Waals surface area contributed by atoms with Crippen molar-refractivity contribution in [3.05, 3.63) is 0 Å². The quantitative estimate of drug-likeness (QED) is 0.618. The zero-order chi connectivity index (χ0) is 8.97. The van der Waals surface area contributed by atoms with Gasteiger partial charge in [-0.3, -0.25) is 0 Å². The van der Waals surface area contributed by atoms with E-state index in [1.807, 2.05) is 0 Å². The molecular weight excluding hydrogens is 170 g/mol. The Balaban J connectivity index is 2.15. The van der Waals surface area contributed by atoms with Crippen LogP contribution in [0.25, 0.3) is 0 Å². The van der Waals surface area contributed by atoms with Gasteiger partial charge in [0, 0.05) is 13.1 Å². The number of likely N-dealkylation sites (tertiary alicyclic amines) is 1. The van der Waals surface area contributed by atoms with Crippen molar-refractivity contribution in [1.82, 2.24) is 10.2 Å². The van der Waals surface area contributed by atoms with E-state index >= 15 is 0 Å². The van der Waals surface area contributed by atoms with Crippen molar-refractivity contribution in [1.29, 1.82) is 0 Å². The highest BCUT2D eigenvalue weighted by Gasteiger charge is 2.20. The van der Waals surface area contributed by atoms with Gasteiger partial charge in [-0.2, -0.15) is 0 Å². The van der Waals surface area contributed by atoms with Gasteiger partial charge in [-0.15, -0.1) is 0 Å². The molecule has 1 unspecified atom stereocenters. The van der Waals surface area contributed by atoms with E-state index in [2.05, 4.69) is 17.1 Å². The monoisotopic (exact) mass is 187 g/mol. The molecule has 1 atom stereocenters. The maximum absolute atomic E-state index is 5.34. The summed E-state index contributed by atoms with van der Waals surface area (Å²) in [5.74, 6) is 0.728. The van der Waals surface area contributed by atoms with Gasteiger partial charge >= 0.3 is 0 Å². The van der Waals surface area contributed by atoms with Gasteiger partial charge in [0.15, 0.2) is 5.11 Å². The molecule has 1 saturated heterocycles. The van der Waals surface area contributed by atoms with E-state index in [0.717, 1.165) is 19.0 Å². The van der Waals surface area contributed by atoms with Crippen LogP contribution in [0.2, 0.25) is 0 Å². The molecule has 4 heteroatoms. The molecule has 1 aliphatic heterocycles. The van der Waals surface area contributed by atoms with Crippen molar-refractivity contribution < 1.29 is 0 Å². The van der Waals surface area contributed by atoms with Gasteiger partial charge in [0.1, 0.15) is 0 Å². The minimum Gasteiger partial charge on any atom is -0.376 e.